The van der Waals surface area contributed by atoms with E-state index in [4.69, 9.17) is 0 Å². The van der Waals surface area contributed by atoms with Gasteiger partial charge in [0.05, 0.1) is 0 Å². The lowest BCUT2D eigenvalue weighted by atomic mass is 9.91. The van der Waals surface area contributed by atoms with Crippen molar-refractivity contribution in [3.05, 3.63) is 41.2 Å². The van der Waals surface area contributed by atoms with Gasteiger partial charge in [0.15, 0.2) is 0 Å². The van der Waals surface area contributed by atoms with Crippen LogP contribution in [0.4, 0.5) is 0 Å². The Kier molecular flexibility index (Phi) is 5.56. The predicted octanol–water partition coefficient (Wildman–Crippen LogP) is 5.08. The lowest BCUT2D eigenvalue weighted by Crippen LogP contribution is -2.47. The first-order chi connectivity index (χ1) is 11.3. The number of nitrogens with zero attached hydrogens (tertiary/aromatic N) is 1. The lowest BCUT2D eigenvalue weighted by molar-refractivity contribution is -0.132. The Labute approximate surface area is 140 Å². The molecule has 0 aromatic heterocycles. The second kappa shape index (κ2) is 7.84. The minimum Gasteiger partial charge on any atom is -0.333 e. The van der Waals surface area contributed by atoms with Crippen molar-refractivity contribution in [2.45, 2.75) is 83.2 Å². The molecule has 0 heterocycles. The van der Waals surface area contributed by atoms with E-state index in [1.165, 1.54) is 57.8 Å². The summed E-state index contributed by atoms with van der Waals surface area (Å²) in [6.45, 7) is 2.06. The Morgan fingerprint density at radius 2 is 1.61 bits per heavy atom. The van der Waals surface area contributed by atoms with Crippen LogP contribution in [0.2, 0.25) is 0 Å². The second-order valence-electron chi connectivity index (χ2n) is 7.26. The van der Waals surface area contributed by atoms with Crippen molar-refractivity contribution >= 4 is 5.91 Å². The van der Waals surface area contributed by atoms with Crippen molar-refractivity contribution in [1.29, 1.82) is 0 Å². The zero-order chi connectivity index (χ0) is 16.1. The highest BCUT2D eigenvalue weighted by atomic mass is 16.2. The van der Waals surface area contributed by atoms with Crippen molar-refractivity contribution in [2.24, 2.45) is 0 Å². The van der Waals surface area contributed by atoms with E-state index in [2.05, 4.69) is 23.6 Å². The van der Waals surface area contributed by atoms with Gasteiger partial charge >= 0.3 is 0 Å². The van der Waals surface area contributed by atoms with E-state index < -0.39 is 0 Å². The first-order valence-corrected chi connectivity index (χ1v) is 9.37. The fraction of sp³-hybridized carbons (Fsp3) is 0.619. The van der Waals surface area contributed by atoms with Crippen molar-refractivity contribution in [3.63, 3.8) is 0 Å². The molecule has 0 unspecified atom stereocenters. The van der Waals surface area contributed by atoms with Gasteiger partial charge in [-0.05, 0) is 50.3 Å². The van der Waals surface area contributed by atoms with Crippen LogP contribution in [0.1, 0.15) is 71.1 Å². The molecule has 0 bridgehead atoms. The predicted molar refractivity (Wildman–Crippen MR) is 95.1 cm³/mol. The molecule has 2 fully saturated rings. The number of hydrogen-bond acceptors (Lipinski definition) is 1. The van der Waals surface area contributed by atoms with E-state index in [9.17, 15) is 4.79 Å². The molecule has 0 aliphatic heterocycles. The Morgan fingerprint density at radius 1 is 1.00 bits per heavy atom. The summed E-state index contributed by atoms with van der Waals surface area (Å²) < 4.78 is 0. The summed E-state index contributed by atoms with van der Waals surface area (Å²) in [5.74, 6) is 0.285. The minimum absolute atomic E-state index is 0.285. The van der Waals surface area contributed by atoms with Crippen molar-refractivity contribution in [1.82, 2.24) is 4.90 Å². The van der Waals surface area contributed by atoms with Crippen LogP contribution in [-0.2, 0) is 4.79 Å². The van der Waals surface area contributed by atoms with Crippen LogP contribution < -0.4 is 0 Å². The van der Waals surface area contributed by atoms with Crippen molar-refractivity contribution in [2.75, 3.05) is 0 Å². The second-order valence-corrected chi connectivity index (χ2v) is 7.26. The molecule has 3 aliphatic rings. The van der Waals surface area contributed by atoms with Crippen molar-refractivity contribution in [3.8, 4) is 0 Å². The van der Waals surface area contributed by atoms with Gasteiger partial charge in [-0.15, -0.1) is 5.73 Å². The summed E-state index contributed by atoms with van der Waals surface area (Å²) in [5, 5.41) is 0. The third-order valence-corrected chi connectivity index (χ3v) is 5.49. The summed E-state index contributed by atoms with van der Waals surface area (Å²) in [6, 6.07) is 0.942. The van der Waals surface area contributed by atoms with E-state index in [0.29, 0.717) is 18.5 Å². The molecule has 2 saturated carbocycles. The number of rotatable bonds is 3. The van der Waals surface area contributed by atoms with Crippen LogP contribution in [0.5, 0.6) is 0 Å². The maximum atomic E-state index is 13.3. The van der Waals surface area contributed by atoms with Gasteiger partial charge in [0.25, 0.3) is 5.91 Å². The largest absolute Gasteiger partial charge is 0.333 e. The molecule has 2 heteroatoms. The molecule has 1 amide bonds. The van der Waals surface area contributed by atoms with Gasteiger partial charge in [-0.3, -0.25) is 4.79 Å². The average Bonchev–Trinajstić information content (AvgIpc) is 3.06. The van der Waals surface area contributed by atoms with Gasteiger partial charge in [0.1, 0.15) is 0 Å². The number of carbonyl (C=O) groups is 1. The van der Waals surface area contributed by atoms with Gasteiger partial charge < -0.3 is 4.90 Å². The molecule has 124 valence electrons. The van der Waals surface area contributed by atoms with E-state index in [0.717, 1.165) is 11.1 Å². The number of amides is 1. The fourth-order valence-corrected chi connectivity index (χ4v) is 4.20. The first kappa shape index (κ1) is 16.3. The molecule has 0 atom stereocenters. The zero-order valence-electron chi connectivity index (χ0n) is 14.4. The minimum atomic E-state index is 0.285. The van der Waals surface area contributed by atoms with Crippen LogP contribution in [0.3, 0.4) is 0 Å². The highest BCUT2D eigenvalue weighted by molar-refractivity contribution is 5.94. The molecule has 3 rings (SSSR count). The molecule has 0 spiro atoms. The van der Waals surface area contributed by atoms with Crippen LogP contribution in [-0.4, -0.2) is 22.9 Å². The first-order valence-electron chi connectivity index (χ1n) is 9.37. The van der Waals surface area contributed by atoms with Gasteiger partial charge in [-0.2, -0.15) is 0 Å². The quantitative estimate of drug-likeness (QED) is 0.666. The molecule has 0 aromatic carbocycles. The molecule has 0 saturated heterocycles. The normalized spacial score (nSPS) is 27.7. The van der Waals surface area contributed by atoms with Crippen molar-refractivity contribution < 1.29 is 4.79 Å². The van der Waals surface area contributed by atoms with E-state index >= 15 is 0 Å². The Hall–Kier alpha value is -1.53. The van der Waals surface area contributed by atoms with E-state index in [-0.39, 0.29) is 5.91 Å². The molecule has 3 aliphatic carbocycles. The van der Waals surface area contributed by atoms with Gasteiger partial charge in [-0.1, -0.05) is 44.3 Å². The highest BCUT2D eigenvalue weighted by Crippen LogP contribution is 2.32. The van der Waals surface area contributed by atoms with E-state index in [1.54, 1.807) is 0 Å². The SMILES string of the molecule is C/C1=C/C=C(/C(=O)N(C2CCCCC2)C2CCCC2)CC=C=C1. The molecular formula is C21H29NO. The maximum Gasteiger partial charge on any atom is 0.250 e. The Bertz CT molecular complexity index is 550. The van der Waals surface area contributed by atoms with Crippen LogP contribution in [0, 0.1) is 0 Å². The van der Waals surface area contributed by atoms with Crippen LogP contribution in [0.25, 0.3) is 0 Å². The maximum absolute atomic E-state index is 13.3. The summed E-state index contributed by atoms with van der Waals surface area (Å²) in [5.41, 5.74) is 5.26. The van der Waals surface area contributed by atoms with Crippen LogP contribution >= 0.6 is 0 Å². The Balaban J connectivity index is 1.83. The standard InChI is InChI=1S/C21H29NO/c1-17-9-5-6-10-18(16-15-17)21(23)22(20-13-7-8-14-20)19-11-3-2-4-12-19/h6,9,15-16,19-20H,2-4,7-8,10-14H2,1H3/b17-15-,18-16+. The lowest BCUT2D eigenvalue weighted by Gasteiger charge is -2.39. The number of allylic oxidation sites excluding steroid dienone is 4. The topological polar surface area (TPSA) is 20.3 Å². The highest BCUT2D eigenvalue weighted by Gasteiger charge is 2.34. The third kappa shape index (κ3) is 4.06. The summed E-state index contributed by atoms with van der Waals surface area (Å²) in [6.07, 6.45) is 20.0. The monoisotopic (exact) mass is 311 g/mol. The third-order valence-electron chi connectivity index (χ3n) is 5.49. The smallest absolute Gasteiger partial charge is 0.250 e. The van der Waals surface area contributed by atoms with Gasteiger partial charge in [0.2, 0.25) is 0 Å². The molecular weight excluding hydrogens is 282 g/mol. The number of hydrogen-bond donors (Lipinski definition) is 0. The summed E-state index contributed by atoms with van der Waals surface area (Å²) in [4.78, 5) is 15.6. The van der Waals surface area contributed by atoms with E-state index in [1.807, 2.05) is 18.2 Å². The van der Waals surface area contributed by atoms with Crippen LogP contribution in [0.15, 0.2) is 41.2 Å². The zero-order valence-corrected chi connectivity index (χ0v) is 14.4. The number of carbonyl (C=O) groups excluding carboxylic acids is 1. The summed E-state index contributed by atoms with van der Waals surface area (Å²) in [7, 11) is 0. The molecule has 2 nitrogen and oxygen atoms in total. The molecule has 0 N–H and O–H groups in total. The fourth-order valence-electron chi connectivity index (χ4n) is 4.20. The molecule has 0 aromatic rings. The van der Waals surface area contributed by atoms with Gasteiger partial charge in [-0.25, -0.2) is 0 Å². The average molecular weight is 311 g/mol. The summed E-state index contributed by atoms with van der Waals surface area (Å²) >= 11 is 0. The molecule has 23 heavy (non-hydrogen) atoms. The molecule has 0 radical (unpaired) electrons. The Morgan fingerprint density at radius 3 is 2.26 bits per heavy atom. The van der Waals surface area contributed by atoms with Gasteiger partial charge in [0, 0.05) is 24.1 Å².